The lowest BCUT2D eigenvalue weighted by atomic mass is 10.1. The normalized spacial score (nSPS) is 18.9. The predicted molar refractivity (Wildman–Crippen MR) is 87.6 cm³/mol. The minimum absolute atomic E-state index is 0.111. The Balaban J connectivity index is 1.72. The topological polar surface area (TPSA) is 72.0 Å². The Morgan fingerprint density at radius 2 is 2.29 bits per heavy atom. The van der Waals surface area contributed by atoms with Crippen LogP contribution in [0.3, 0.4) is 0 Å². The van der Waals surface area contributed by atoms with Gasteiger partial charge in [-0.1, -0.05) is 6.92 Å². The number of hydrogen-bond donors (Lipinski definition) is 0. The largest absolute Gasteiger partial charge is 0.461 e. The molecule has 24 heavy (non-hydrogen) atoms. The average Bonchev–Trinajstić information content (AvgIpc) is 3.29. The van der Waals surface area contributed by atoms with Crippen molar-refractivity contribution in [1.29, 1.82) is 0 Å². The number of aromatic nitrogens is 1. The first-order chi connectivity index (χ1) is 11.7. The fourth-order valence-corrected chi connectivity index (χ4v) is 3.10. The van der Waals surface area contributed by atoms with Crippen LogP contribution in [0.25, 0.3) is 11.5 Å². The zero-order chi connectivity index (χ0) is 16.9. The van der Waals surface area contributed by atoms with Gasteiger partial charge in [0.25, 0.3) is 5.91 Å². The zero-order valence-corrected chi connectivity index (χ0v) is 14.1. The summed E-state index contributed by atoms with van der Waals surface area (Å²) in [4.78, 5) is 21.2. The van der Waals surface area contributed by atoms with Crippen molar-refractivity contribution in [3.63, 3.8) is 0 Å². The molecule has 3 heterocycles. The summed E-state index contributed by atoms with van der Waals surface area (Å²) in [6.07, 6.45) is 3.82. The molecule has 0 aromatic carbocycles. The highest BCUT2D eigenvalue weighted by Crippen LogP contribution is 2.25. The Morgan fingerprint density at radius 1 is 1.42 bits per heavy atom. The molecule has 0 bridgehead atoms. The number of carbonyl (C=O) groups excluding carboxylic acids is 1. The fourth-order valence-electron chi connectivity index (χ4n) is 3.10. The van der Waals surface area contributed by atoms with Crippen LogP contribution < -0.4 is 0 Å². The van der Waals surface area contributed by atoms with Gasteiger partial charge in [-0.3, -0.25) is 9.69 Å². The van der Waals surface area contributed by atoms with E-state index in [2.05, 4.69) is 16.8 Å². The third-order valence-electron chi connectivity index (χ3n) is 4.46. The molecule has 130 valence electrons. The molecule has 7 heteroatoms. The maximum absolute atomic E-state index is 12.9. The standard InChI is InChI=1S/C17H23N3O4/c1-3-13-11-20(7-6-19(13)8-10-22-2)17(21)15-16(24-12-18-15)14-5-4-9-23-14/h4-5,9,12-13H,3,6-8,10-11H2,1-2H3. The van der Waals surface area contributed by atoms with Gasteiger partial charge < -0.3 is 18.5 Å². The molecule has 2 aromatic rings. The summed E-state index contributed by atoms with van der Waals surface area (Å²) in [7, 11) is 1.71. The Kier molecular flexibility index (Phi) is 5.32. The minimum atomic E-state index is -0.111. The maximum Gasteiger partial charge on any atom is 0.276 e. The van der Waals surface area contributed by atoms with Crippen LogP contribution in [-0.4, -0.2) is 66.6 Å². The van der Waals surface area contributed by atoms with E-state index in [9.17, 15) is 4.79 Å². The van der Waals surface area contributed by atoms with Crippen LogP contribution in [0.4, 0.5) is 0 Å². The van der Waals surface area contributed by atoms with Crippen molar-refractivity contribution in [3.8, 4) is 11.5 Å². The van der Waals surface area contributed by atoms with Crippen molar-refractivity contribution in [3.05, 3.63) is 30.5 Å². The van der Waals surface area contributed by atoms with Crippen LogP contribution in [-0.2, 0) is 4.74 Å². The number of nitrogens with zero attached hydrogens (tertiary/aromatic N) is 3. The Bertz CT molecular complexity index is 653. The summed E-state index contributed by atoms with van der Waals surface area (Å²) in [6.45, 7) is 5.92. The fraction of sp³-hybridized carbons (Fsp3) is 0.529. The van der Waals surface area contributed by atoms with Crippen LogP contribution >= 0.6 is 0 Å². The highest BCUT2D eigenvalue weighted by Gasteiger charge is 2.31. The van der Waals surface area contributed by atoms with Crippen LogP contribution in [0.1, 0.15) is 23.8 Å². The first-order valence-corrected chi connectivity index (χ1v) is 8.24. The quantitative estimate of drug-likeness (QED) is 0.806. The molecule has 2 aromatic heterocycles. The van der Waals surface area contributed by atoms with Gasteiger partial charge in [-0.2, -0.15) is 0 Å². The Morgan fingerprint density at radius 3 is 3.00 bits per heavy atom. The van der Waals surface area contributed by atoms with E-state index in [1.54, 1.807) is 25.5 Å². The molecule has 0 spiro atoms. The number of piperazine rings is 1. The van der Waals surface area contributed by atoms with Gasteiger partial charge >= 0.3 is 0 Å². The molecular formula is C17H23N3O4. The van der Waals surface area contributed by atoms with E-state index in [0.29, 0.717) is 43.0 Å². The number of methoxy groups -OCH3 is 1. The summed E-state index contributed by atoms with van der Waals surface area (Å²) < 4.78 is 15.9. The van der Waals surface area contributed by atoms with Crippen LogP contribution in [0.15, 0.2) is 33.6 Å². The van der Waals surface area contributed by atoms with Gasteiger partial charge in [-0.05, 0) is 18.6 Å². The molecule has 1 saturated heterocycles. The maximum atomic E-state index is 12.9. The summed E-state index contributed by atoms with van der Waals surface area (Å²) in [5.74, 6) is 0.793. The number of ether oxygens (including phenoxy) is 1. The van der Waals surface area contributed by atoms with Crippen molar-refractivity contribution in [2.45, 2.75) is 19.4 Å². The molecule has 1 aliphatic rings. The molecule has 1 unspecified atom stereocenters. The van der Waals surface area contributed by atoms with E-state index in [4.69, 9.17) is 13.6 Å². The highest BCUT2D eigenvalue weighted by atomic mass is 16.5. The van der Waals surface area contributed by atoms with E-state index < -0.39 is 0 Å². The van der Waals surface area contributed by atoms with Gasteiger partial charge in [0.15, 0.2) is 17.8 Å². The molecule has 1 atom stereocenters. The van der Waals surface area contributed by atoms with Gasteiger partial charge in [-0.25, -0.2) is 4.98 Å². The molecule has 0 aliphatic carbocycles. The lowest BCUT2D eigenvalue weighted by Gasteiger charge is -2.40. The minimum Gasteiger partial charge on any atom is -0.461 e. The van der Waals surface area contributed by atoms with Crippen molar-refractivity contribution in [2.24, 2.45) is 0 Å². The van der Waals surface area contributed by atoms with E-state index in [1.165, 1.54) is 6.39 Å². The van der Waals surface area contributed by atoms with E-state index in [-0.39, 0.29) is 5.91 Å². The molecular weight excluding hydrogens is 310 g/mol. The molecule has 0 saturated carbocycles. The number of furan rings is 1. The number of oxazole rings is 1. The average molecular weight is 333 g/mol. The smallest absolute Gasteiger partial charge is 0.276 e. The van der Waals surface area contributed by atoms with Gasteiger partial charge in [0, 0.05) is 39.3 Å². The molecule has 0 radical (unpaired) electrons. The third kappa shape index (κ3) is 3.37. The van der Waals surface area contributed by atoms with Gasteiger partial charge in [0.2, 0.25) is 5.76 Å². The van der Waals surface area contributed by atoms with E-state index >= 15 is 0 Å². The SMILES string of the molecule is CCC1CN(C(=O)c2ncoc2-c2ccco2)CCN1CCOC. The molecule has 1 amide bonds. The summed E-state index contributed by atoms with van der Waals surface area (Å²) >= 11 is 0. The van der Waals surface area contributed by atoms with Gasteiger partial charge in [0.1, 0.15) is 0 Å². The lowest BCUT2D eigenvalue weighted by molar-refractivity contribution is 0.0381. The lowest BCUT2D eigenvalue weighted by Crippen LogP contribution is -2.55. The van der Waals surface area contributed by atoms with Gasteiger partial charge in [0.05, 0.1) is 12.9 Å². The molecule has 1 aliphatic heterocycles. The second kappa shape index (κ2) is 7.63. The molecule has 3 rings (SSSR count). The van der Waals surface area contributed by atoms with E-state index in [1.807, 2.05) is 4.90 Å². The molecule has 7 nitrogen and oxygen atoms in total. The second-order valence-electron chi connectivity index (χ2n) is 5.85. The van der Waals surface area contributed by atoms with Crippen molar-refractivity contribution >= 4 is 5.91 Å². The van der Waals surface area contributed by atoms with Crippen LogP contribution in [0.2, 0.25) is 0 Å². The molecule has 1 fully saturated rings. The Hall–Kier alpha value is -2.12. The van der Waals surface area contributed by atoms with Crippen molar-refractivity contribution in [1.82, 2.24) is 14.8 Å². The number of rotatable bonds is 6. The van der Waals surface area contributed by atoms with Crippen molar-refractivity contribution in [2.75, 3.05) is 39.9 Å². The first-order valence-electron chi connectivity index (χ1n) is 8.24. The first kappa shape index (κ1) is 16.7. The molecule has 0 N–H and O–H groups in total. The van der Waals surface area contributed by atoms with Gasteiger partial charge in [-0.15, -0.1) is 0 Å². The predicted octanol–water partition coefficient (Wildman–Crippen LogP) is 2.12. The summed E-state index contributed by atoms with van der Waals surface area (Å²) in [6, 6.07) is 3.85. The number of amides is 1. The van der Waals surface area contributed by atoms with Crippen LogP contribution in [0.5, 0.6) is 0 Å². The van der Waals surface area contributed by atoms with Crippen LogP contribution in [0, 0.1) is 0 Å². The highest BCUT2D eigenvalue weighted by molar-refractivity contribution is 5.97. The zero-order valence-electron chi connectivity index (χ0n) is 14.1. The summed E-state index contributed by atoms with van der Waals surface area (Å²) in [5.41, 5.74) is 0.310. The monoisotopic (exact) mass is 333 g/mol. The third-order valence-corrected chi connectivity index (χ3v) is 4.46. The summed E-state index contributed by atoms with van der Waals surface area (Å²) in [5, 5.41) is 0. The Labute approximate surface area is 141 Å². The second-order valence-corrected chi connectivity index (χ2v) is 5.85. The number of hydrogen-bond acceptors (Lipinski definition) is 6. The number of carbonyl (C=O) groups is 1. The van der Waals surface area contributed by atoms with Crippen molar-refractivity contribution < 1.29 is 18.4 Å². The van der Waals surface area contributed by atoms with E-state index in [0.717, 1.165) is 19.5 Å².